The molecule has 13 heavy (non-hydrogen) atoms. The molecule has 2 N–H and O–H groups in total. The molecule has 4 heteroatoms. The first-order valence-corrected chi connectivity index (χ1v) is 5.36. The van der Waals surface area contributed by atoms with Crippen molar-refractivity contribution >= 4 is 16.1 Å². The van der Waals surface area contributed by atoms with E-state index in [2.05, 4.69) is 0 Å². The maximum absolute atomic E-state index is 10.6. The van der Waals surface area contributed by atoms with Gasteiger partial charge in [0.1, 0.15) is 0 Å². The van der Waals surface area contributed by atoms with Gasteiger partial charge >= 0.3 is 0 Å². The van der Waals surface area contributed by atoms with Crippen LogP contribution in [0.25, 0.3) is 6.08 Å². The summed E-state index contributed by atoms with van der Waals surface area (Å²) in [6, 6.07) is 7.49. The Morgan fingerprint density at radius 2 is 2.08 bits per heavy atom. The summed E-state index contributed by atoms with van der Waals surface area (Å²) < 4.78 is 21.2. The summed E-state index contributed by atoms with van der Waals surface area (Å²) in [6.45, 7) is 1.94. The molecule has 0 radical (unpaired) electrons. The third-order valence-corrected chi connectivity index (χ3v) is 2.01. The van der Waals surface area contributed by atoms with Gasteiger partial charge in [-0.05, 0) is 18.6 Å². The number of nitrogens with two attached hydrogens (primary N) is 1. The second kappa shape index (κ2) is 3.72. The van der Waals surface area contributed by atoms with Gasteiger partial charge in [0.2, 0.25) is 10.0 Å². The highest BCUT2D eigenvalue weighted by Gasteiger charge is 1.93. The summed E-state index contributed by atoms with van der Waals surface area (Å²) in [4.78, 5) is 0. The fourth-order valence-electron chi connectivity index (χ4n) is 0.947. The summed E-state index contributed by atoms with van der Waals surface area (Å²) >= 11 is 0. The van der Waals surface area contributed by atoms with Crippen LogP contribution in [0.3, 0.4) is 0 Å². The lowest BCUT2D eigenvalue weighted by Gasteiger charge is -1.94. The molecule has 0 aliphatic rings. The molecule has 0 amide bonds. The van der Waals surface area contributed by atoms with Gasteiger partial charge in [-0.1, -0.05) is 29.8 Å². The maximum atomic E-state index is 10.6. The molecule has 1 rings (SSSR count). The van der Waals surface area contributed by atoms with Crippen LogP contribution in [0.2, 0.25) is 0 Å². The molecule has 0 bridgehead atoms. The minimum absolute atomic E-state index is 0.828. The Hall–Kier alpha value is -1.13. The molecule has 3 nitrogen and oxygen atoms in total. The standard InChI is InChI=1S/C9H11NO2S/c1-8-3-2-4-9(7-8)5-6-13(10,11)12/h2-7H,1H3,(H2,10,11,12). The van der Waals surface area contributed by atoms with Crippen molar-refractivity contribution in [2.75, 3.05) is 0 Å². The van der Waals surface area contributed by atoms with E-state index in [0.29, 0.717) is 0 Å². The normalized spacial score (nSPS) is 12.2. The van der Waals surface area contributed by atoms with Crippen LogP contribution in [0.15, 0.2) is 29.7 Å². The highest BCUT2D eigenvalue weighted by molar-refractivity contribution is 7.92. The first-order chi connectivity index (χ1) is 5.97. The summed E-state index contributed by atoms with van der Waals surface area (Å²) in [7, 11) is -3.52. The molecule has 0 atom stereocenters. The van der Waals surface area contributed by atoms with Crippen molar-refractivity contribution < 1.29 is 8.42 Å². The number of hydrogen-bond donors (Lipinski definition) is 1. The predicted molar refractivity (Wildman–Crippen MR) is 53.3 cm³/mol. The Kier molecular flexibility index (Phi) is 2.85. The summed E-state index contributed by atoms with van der Waals surface area (Å²) in [5, 5.41) is 5.79. The fraction of sp³-hybridized carbons (Fsp3) is 0.111. The molecule has 1 aromatic rings. The highest BCUT2D eigenvalue weighted by atomic mass is 32.2. The lowest BCUT2D eigenvalue weighted by Crippen LogP contribution is -2.06. The van der Waals surface area contributed by atoms with E-state index in [1.54, 1.807) is 0 Å². The third kappa shape index (κ3) is 3.87. The first kappa shape index (κ1) is 9.95. The average molecular weight is 197 g/mol. The van der Waals surface area contributed by atoms with Crippen LogP contribution in [-0.4, -0.2) is 8.42 Å². The van der Waals surface area contributed by atoms with Gasteiger partial charge in [0.15, 0.2) is 0 Å². The maximum Gasteiger partial charge on any atom is 0.231 e. The van der Waals surface area contributed by atoms with Crippen molar-refractivity contribution in [3.8, 4) is 0 Å². The van der Waals surface area contributed by atoms with E-state index in [1.165, 1.54) is 6.08 Å². The number of rotatable bonds is 2. The lowest BCUT2D eigenvalue weighted by molar-refractivity contribution is 0.606. The Labute approximate surface area is 77.9 Å². The molecule has 1 aromatic carbocycles. The predicted octanol–water partition coefficient (Wildman–Crippen LogP) is 1.25. The number of benzene rings is 1. The lowest BCUT2D eigenvalue weighted by atomic mass is 10.1. The van der Waals surface area contributed by atoms with E-state index >= 15 is 0 Å². The quantitative estimate of drug-likeness (QED) is 0.775. The summed E-state index contributed by atoms with van der Waals surface area (Å²) in [5.74, 6) is 0. The van der Waals surface area contributed by atoms with Crippen molar-refractivity contribution in [3.05, 3.63) is 40.8 Å². The van der Waals surface area contributed by atoms with Crippen molar-refractivity contribution in [2.24, 2.45) is 5.14 Å². The number of primary sulfonamides is 1. The largest absolute Gasteiger partial charge is 0.231 e. The zero-order valence-corrected chi connectivity index (χ0v) is 8.08. The van der Waals surface area contributed by atoms with Crippen LogP contribution in [0.1, 0.15) is 11.1 Å². The van der Waals surface area contributed by atoms with E-state index in [1.807, 2.05) is 31.2 Å². The van der Waals surface area contributed by atoms with Crippen molar-refractivity contribution in [1.29, 1.82) is 0 Å². The summed E-state index contributed by atoms with van der Waals surface area (Å²) in [5.41, 5.74) is 1.91. The monoisotopic (exact) mass is 197 g/mol. The second-order valence-electron chi connectivity index (χ2n) is 2.81. The fourth-order valence-corrected chi connectivity index (χ4v) is 1.29. The Balaban J connectivity index is 2.93. The molecule has 0 aromatic heterocycles. The van der Waals surface area contributed by atoms with E-state index in [-0.39, 0.29) is 0 Å². The molecule has 0 aliphatic heterocycles. The molecule has 0 saturated heterocycles. The SMILES string of the molecule is Cc1cccc(C=CS(N)(=O)=O)c1. The average Bonchev–Trinajstić information content (AvgIpc) is 2.00. The molecule has 0 saturated carbocycles. The van der Waals surface area contributed by atoms with Crippen LogP contribution in [-0.2, 0) is 10.0 Å². The van der Waals surface area contributed by atoms with Crippen LogP contribution in [0, 0.1) is 6.92 Å². The molecular weight excluding hydrogens is 186 g/mol. The van der Waals surface area contributed by atoms with Crippen molar-refractivity contribution in [2.45, 2.75) is 6.92 Å². The second-order valence-corrected chi connectivity index (χ2v) is 4.26. The molecule has 0 unspecified atom stereocenters. The van der Waals surface area contributed by atoms with Crippen LogP contribution in [0.5, 0.6) is 0 Å². The van der Waals surface area contributed by atoms with E-state index in [0.717, 1.165) is 16.5 Å². The number of aryl methyl sites for hydroxylation is 1. The van der Waals surface area contributed by atoms with Crippen molar-refractivity contribution in [1.82, 2.24) is 0 Å². The molecular formula is C9H11NO2S. The molecule has 70 valence electrons. The zero-order valence-electron chi connectivity index (χ0n) is 7.27. The highest BCUT2D eigenvalue weighted by Crippen LogP contribution is 2.05. The number of hydrogen-bond acceptors (Lipinski definition) is 2. The summed E-state index contributed by atoms with van der Waals surface area (Å²) in [6.07, 6.45) is 1.47. The van der Waals surface area contributed by atoms with Crippen LogP contribution in [0.4, 0.5) is 0 Å². The smallest absolute Gasteiger partial charge is 0.225 e. The Morgan fingerprint density at radius 3 is 2.62 bits per heavy atom. The van der Waals surface area contributed by atoms with Crippen LogP contribution >= 0.6 is 0 Å². The van der Waals surface area contributed by atoms with Crippen LogP contribution < -0.4 is 5.14 Å². The topological polar surface area (TPSA) is 60.2 Å². The van der Waals surface area contributed by atoms with E-state index < -0.39 is 10.0 Å². The van der Waals surface area contributed by atoms with Gasteiger partial charge < -0.3 is 0 Å². The van der Waals surface area contributed by atoms with Gasteiger partial charge in [-0.15, -0.1) is 0 Å². The third-order valence-electron chi connectivity index (χ3n) is 1.49. The minimum Gasteiger partial charge on any atom is -0.225 e. The number of sulfonamides is 1. The molecule has 0 fully saturated rings. The van der Waals surface area contributed by atoms with Gasteiger partial charge in [-0.2, -0.15) is 0 Å². The molecule has 0 aliphatic carbocycles. The van der Waals surface area contributed by atoms with E-state index in [9.17, 15) is 8.42 Å². The van der Waals surface area contributed by atoms with Gasteiger partial charge in [-0.25, -0.2) is 13.6 Å². The van der Waals surface area contributed by atoms with Gasteiger partial charge in [-0.3, -0.25) is 0 Å². The molecule has 0 spiro atoms. The Bertz CT molecular complexity index is 421. The molecule has 0 heterocycles. The van der Waals surface area contributed by atoms with Gasteiger partial charge in [0.25, 0.3) is 0 Å². The Morgan fingerprint density at radius 1 is 1.38 bits per heavy atom. The van der Waals surface area contributed by atoms with Gasteiger partial charge in [0.05, 0.1) is 0 Å². The van der Waals surface area contributed by atoms with Gasteiger partial charge in [0, 0.05) is 5.41 Å². The zero-order chi connectivity index (χ0) is 9.90. The minimum atomic E-state index is -3.52. The van der Waals surface area contributed by atoms with E-state index in [4.69, 9.17) is 5.14 Å². The first-order valence-electron chi connectivity index (χ1n) is 3.75. The van der Waals surface area contributed by atoms with Crippen molar-refractivity contribution in [3.63, 3.8) is 0 Å².